The number of aromatic hydroxyl groups is 1. The van der Waals surface area contributed by atoms with Crippen molar-refractivity contribution >= 4 is 22.0 Å². The predicted octanol–water partition coefficient (Wildman–Crippen LogP) is 3.54. The molecule has 1 saturated carbocycles. The maximum atomic E-state index is 13.9. The molecule has 1 aliphatic carbocycles. The van der Waals surface area contributed by atoms with Crippen molar-refractivity contribution in [3.8, 4) is 5.75 Å². The summed E-state index contributed by atoms with van der Waals surface area (Å²) >= 11 is 2.96. The third kappa shape index (κ3) is 1.95. The Kier molecular flexibility index (Phi) is 3.50. The summed E-state index contributed by atoms with van der Waals surface area (Å²) in [6.45, 7) is 0. The van der Waals surface area contributed by atoms with E-state index in [1.807, 2.05) is 0 Å². The Morgan fingerprint density at radius 2 is 1.94 bits per heavy atom. The molecular weight excluding hydrogens is 308 g/mol. The second-order valence-corrected chi connectivity index (χ2v) is 5.18. The lowest BCUT2D eigenvalue weighted by atomic mass is 9.88. The summed E-state index contributed by atoms with van der Waals surface area (Å²) in [4.78, 5) is 14.2. The number of hydrogen-bond donors (Lipinski definition) is 1. The van der Waals surface area contributed by atoms with Gasteiger partial charge in [-0.25, -0.2) is 9.18 Å². The zero-order chi connectivity index (χ0) is 13.3. The number of benzene rings is 1. The number of hydrogen-bond acceptors (Lipinski definition) is 3. The average Bonchev–Trinajstić information content (AvgIpc) is 2.81. The number of isocyanates is 1. The Morgan fingerprint density at radius 3 is 2.50 bits per heavy atom. The summed E-state index contributed by atoms with van der Waals surface area (Å²) in [7, 11) is 0. The van der Waals surface area contributed by atoms with Crippen LogP contribution in [0.25, 0.3) is 0 Å². The standard InChI is InChI=1S/C12H10BrF2NO2/c13-8-5-7(9(14)10(15)11(8)18)12(16-6-17)3-1-2-4-12/h5,18H,1-4H2. The highest BCUT2D eigenvalue weighted by Crippen LogP contribution is 2.45. The van der Waals surface area contributed by atoms with Gasteiger partial charge in [-0.1, -0.05) is 12.8 Å². The van der Waals surface area contributed by atoms with Crippen LogP contribution in [0.15, 0.2) is 15.5 Å². The van der Waals surface area contributed by atoms with Crippen molar-refractivity contribution in [3.63, 3.8) is 0 Å². The van der Waals surface area contributed by atoms with Crippen LogP contribution in [0.1, 0.15) is 31.2 Å². The maximum absolute atomic E-state index is 13.9. The molecule has 0 saturated heterocycles. The summed E-state index contributed by atoms with van der Waals surface area (Å²) in [6.07, 6.45) is 3.94. The molecule has 2 rings (SSSR count). The van der Waals surface area contributed by atoms with E-state index in [0.717, 1.165) is 12.8 Å². The minimum absolute atomic E-state index is 0.00877. The number of halogens is 3. The van der Waals surface area contributed by atoms with Gasteiger partial charge in [-0.2, -0.15) is 9.38 Å². The Balaban J connectivity index is 2.66. The van der Waals surface area contributed by atoms with Gasteiger partial charge in [-0.05, 0) is 34.8 Å². The van der Waals surface area contributed by atoms with E-state index in [2.05, 4.69) is 20.9 Å². The Labute approximate surface area is 111 Å². The number of rotatable bonds is 2. The highest BCUT2D eigenvalue weighted by Gasteiger charge is 2.39. The molecule has 0 unspecified atom stereocenters. The van der Waals surface area contributed by atoms with Crippen LogP contribution in [0.5, 0.6) is 5.75 Å². The molecule has 1 aliphatic rings. The molecule has 1 N–H and O–H groups in total. The van der Waals surface area contributed by atoms with Crippen LogP contribution in [0, 0.1) is 11.6 Å². The van der Waals surface area contributed by atoms with Crippen LogP contribution >= 0.6 is 15.9 Å². The molecule has 0 aliphatic heterocycles. The van der Waals surface area contributed by atoms with E-state index >= 15 is 0 Å². The smallest absolute Gasteiger partial charge is 0.235 e. The van der Waals surface area contributed by atoms with E-state index < -0.39 is 22.9 Å². The summed E-state index contributed by atoms with van der Waals surface area (Å²) in [5, 5.41) is 9.30. The largest absolute Gasteiger partial charge is 0.504 e. The van der Waals surface area contributed by atoms with Gasteiger partial charge < -0.3 is 5.11 Å². The zero-order valence-corrected chi connectivity index (χ0v) is 10.9. The Bertz CT molecular complexity index is 535. The SMILES string of the molecule is O=C=NC1(c2cc(Br)c(O)c(F)c2F)CCCC1. The van der Waals surface area contributed by atoms with Gasteiger partial charge in [0.2, 0.25) is 11.9 Å². The molecule has 0 amide bonds. The van der Waals surface area contributed by atoms with E-state index in [-0.39, 0.29) is 10.0 Å². The van der Waals surface area contributed by atoms with Crippen molar-refractivity contribution in [3.05, 3.63) is 27.7 Å². The van der Waals surface area contributed by atoms with Gasteiger partial charge in [0.15, 0.2) is 11.6 Å². The fourth-order valence-electron chi connectivity index (χ4n) is 2.41. The topological polar surface area (TPSA) is 49.7 Å². The predicted molar refractivity (Wildman–Crippen MR) is 64.0 cm³/mol. The van der Waals surface area contributed by atoms with E-state index in [4.69, 9.17) is 0 Å². The van der Waals surface area contributed by atoms with Crippen molar-refractivity contribution < 1.29 is 18.7 Å². The van der Waals surface area contributed by atoms with E-state index in [0.29, 0.717) is 12.8 Å². The molecule has 1 aromatic rings. The number of phenols is 1. The molecule has 0 spiro atoms. The second kappa shape index (κ2) is 4.78. The summed E-state index contributed by atoms with van der Waals surface area (Å²) in [5.41, 5.74) is -1.06. The van der Waals surface area contributed by atoms with Crippen LogP contribution in [-0.2, 0) is 10.3 Å². The van der Waals surface area contributed by atoms with Crippen molar-refractivity contribution in [2.45, 2.75) is 31.2 Å². The van der Waals surface area contributed by atoms with Crippen molar-refractivity contribution in [1.82, 2.24) is 0 Å². The van der Waals surface area contributed by atoms with Crippen LogP contribution in [0.2, 0.25) is 0 Å². The third-order valence-corrected chi connectivity index (χ3v) is 3.93. The molecule has 18 heavy (non-hydrogen) atoms. The highest BCUT2D eigenvalue weighted by atomic mass is 79.9. The molecule has 1 fully saturated rings. The zero-order valence-electron chi connectivity index (χ0n) is 9.34. The van der Waals surface area contributed by atoms with Crippen molar-refractivity contribution in [2.75, 3.05) is 0 Å². The lowest BCUT2D eigenvalue weighted by molar-refractivity contribution is 0.378. The molecule has 0 heterocycles. The van der Waals surface area contributed by atoms with E-state index in [1.165, 1.54) is 12.1 Å². The molecule has 0 atom stereocenters. The van der Waals surface area contributed by atoms with Gasteiger partial charge in [-0.15, -0.1) is 0 Å². The van der Waals surface area contributed by atoms with Crippen molar-refractivity contribution in [2.24, 2.45) is 4.99 Å². The highest BCUT2D eigenvalue weighted by molar-refractivity contribution is 9.10. The number of aliphatic imine (C=N–C) groups is 1. The second-order valence-electron chi connectivity index (χ2n) is 4.32. The van der Waals surface area contributed by atoms with Crippen LogP contribution < -0.4 is 0 Å². The first-order chi connectivity index (χ1) is 8.52. The molecule has 6 heteroatoms. The Morgan fingerprint density at radius 1 is 1.33 bits per heavy atom. The minimum Gasteiger partial charge on any atom is -0.504 e. The molecule has 0 radical (unpaired) electrons. The summed E-state index contributed by atoms with van der Waals surface area (Å²) < 4.78 is 27.5. The molecule has 0 aromatic heterocycles. The summed E-state index contributed by atoms with van der Waals surface area (Å²) in [6, 6.07) is 1.28. The fraction of sp³-hybridized carbons (Fsp3) is 0.417. The van der Waals surface area contributed by atoms with Gasteiger partial charge in [0.1, 0.15) is 5.54 Å². The van der Waals surface area contributed by atoms with Crippen molar-refractivity contribution in [1.29, 1.82) is 0 Å². The van der Waals surface area contributed by atoms with E-state index in [1.54, 1.807) is 0 Å². The van der Waals surface area contributed by atoms with E-state index in [9.17, 15) is 18.7 Å². The first-order valence-corrected chi connectivity index (χ1v) is 6.27. The molecule has 0 bridgehead atoms. The third-order valence-electron chi connectivity index (χ3n) is 3.33. The normalized spacial score (nSPS) is 17.5. The van der Waals surface area contributed by atoms with Gasteiger partial charge in [-0.3, -0.25) is 0 Å². The van der Waals surface area contributed by atoms with Crippen LogP contribution in [0.4, 0.5) is 8.78 Å². The first-order valence-electron chi connectivity index (χ1n) is 5.48. The molecule has 96 valence electrons. The number of phenolic OH excluding ortho intramolecular Hbond substituents is 1. The fourth-order valence-corrected chi connectivity index (χ4v) is 2.82. The van der Waals surface area contributed by atoms with Crippen LogP contribution in [0.3, 0.4) is 0 Å². The monoisotopic (exact) mass is 317 g/mol. The van der Waals surface area contributed by atoms with Gasteiger partial charge in [0.25, 0.3) is 0 Å². The maximum Gasteiger partial charge on any atom is 0.235 e. The lowest BCUT2D eigenvalue weighted by Gasteiger charge is -2.24. The van der Waals surface area contributed by atoms with Gasteiger partial charge in [0.05, 0.1) is 4.47 Å². The van der Waals surface area contributed by atoms with Gasteiger partial charge >= 0.3 is 0 Å². The molecule has 3 nitrogen and oxygen atoms in total. The molecular formula is C12H10BrF2NO2. The minimum atomic E-state index is -1.33. The summed E-state index contributed by atoms with van der Waals surface area (Å²) in [5.74, 6) is -3.26. The first kappa shape index (κ1) is 13.2. The van der Waals surface area contributed by atoms with Crippen LogP contribution in [-0.4, -0.2) is 11.2 Å². The number of nitrogens with zero attached hydrogens (tertiary/aromatic N) is 1. The average molecular weight is 318 g/mol. The quantitative estimate of drug-likeness (QED) is 0.515. The van der Waals surface area contributed by atoms with Gasteiger partial charge in [0, 0.05) is 5.56 Å². The number of carbonyl (C=O) groups excluding carboxylic acids is 1. The lowest BCUT2D eigenvalue weighted by Crippen LogP contribution is -2.21. The molecule has 1 aromatic carbocycles. The Hall–Kier alpha value is -1.26.